The van der Waals surface area contributed by atoms with Crippen LogP contribution in [0.3, 0.4) is 0 Å². The molecule has 1 aromatic carbocycles. The van der Waals surface area contributed by atoms with Crippen molar-refractivity contribution in [3.63, 3.8) is 0 Å². The number of amides is 1. The maximum Gasteiger partial charge on any atom is 0.269 e. The molecule has 1 amide bonds. The van der Waals surface area contributed by atoms with Crippen LogP contribution in [0.25, 0.3) is 11.3 Å². The predicted molar refractivity (Wildman–Crippen MR) is 108 cm³/mol. The largest absolute Gasteiger partial charge is 0.471 e. The topological polar surface area (TPSA) is 82.2 Å². The normalized spacial score (nSPS) is 18.5. The molecule has 7 nitrogen and oxygen atoms in total. The third-order valence-electron chi connectivity index (χ3n) is 5.73. The van der Waals surface area contributed by atoms with Gasteiger partial charge in [-0.3, -0.25) is 9.48 Å². The molecule has 1 fully saturated rings. The number of hydrogen-bond donors (Lipinski definition) is 1. The van der Waals surface area contributed by atoms with E-state index in [4.69, 9.17) is 9.26 Å². The van der Waals surface area contributed by atoms with E-state index in [1.54, 1.807) is 32.2 Å². The highest BCUT2D eigenvalue weighted by Crippen LogP contribution is 2.27. The fraction of sp³-hybridized carbons (Fsp3) is 0.409. The third kappa shape index (κ3) is 4.08. The zero-order valence-corrected chi connectivity index (χ0v) is 17.3. The van der Waals surface area contributed by atoms with Crippen LogP contribution in [0.5, 0.6) is 5.88 Å². The predicted octanol–water partition coefficient (Wildman–Crippen LogP) is 4.02. The Labute approximate surface area is 174 Å². The van der Waals surface area contributed by atoms with Crippen LogP contribution in [-0.4, -0.2) is 26.9 Å². The minimum Gasteiger partial charge on any atom is -0.471 e. The van der Waals surface area contributed by atoms with Gasteiger partial charge in [0.2, 0.25) is 5.88 Å². The van der Waals surface area contributed by atoms with Gasteiger partial charge in [-0.05, 0) is 49.9 Å². The van der Waals surface area contributed by atoms with Crippen LogP contribution in [0.1, 0.15) is 48.0 Å². The summed E-state index contributed by atoms with van der Waals surface area (Å²) in [7, 11) is 1.72. The van der Waals surface area contributed by atoms with Gasteiger partial charge < -0.3 is 14.6 Å². The lowest BCUT2D eigenvalue weighted by molar-refractivity contribution is 0.0920. The highest BCUT2D eigenvalue weighted by Gasteiger charge is 2.26. The lowest BCUT2D eigenvalue weighted by Crippen LogP contribution is -2.37. The van der Waals surface area contributed by atoms with E-state index < -0.39 is 0 Å². The number of rotatable bonds is 6. The molecule has 2 heterocycles. The Hall–Kier alpha value is -3.16. The number of carbonyl (C=O) groups excluding carboxylic acids is 1. The number of nitrogens with zero attached hydrogens (tertiary/aromatic N) is 3. The first kappa shape index (κ1) is 20.1. The molecule has 1 saturated carbocycles. The average Bonchev–Trinajstić information content (AvgIpc) is 3.40. The lowest BCUT2D eigenvalue weighted by Gasteiger charge is -2.16. The van der Waals surface area contributed by atoms with Gasteiger partial charge in [0.15, 0.2) is 0 Å². The lowest BCUT2D eigenvalue weighted by atomic mass is 10.1. The number of carbonyl (C=O) groups is 1. The number of benzene rings is 1. The van der Waals surface area contributed by atoms with Crippen LogP contribution >= 0.6 is 0 Å². The van der Waals surface area contributed by atoms with Crippen LogP contribution in [0.2, 0.25) is 0 Å². The van der Waals surface area contributed by atoms with Crippen LogP contribution in [-0.2, 0) is 13.7 Å². The van der Waals surface area contributed by atoms with Crippen LogP contribution in [0, 0.1) is 18.7 Å². The van der Waals surface area contributed by atoms with Crippen molar-refractivity contribution < 1.29 is 18.4 Å². The van der Waals surface area contributed by atoms with E-state index in [1.165, 1.54) is 16.8 Å². The minimum atomic E-state index is -0.317. The smallest absolute Gasteiger partial charge is 0.269 e. The van der Waals surface area contributed by atoms with Crippen molar-refractivity contribution in [2.75, 3.05) is 0 Å². The fourth-order valence-corrected chi connectivity index (χ4v) is 3.87. The Morgan fingerprint density at radius 3 is 2.80 bits per heavy atom. The molecule has 1 aliphatic rings. The van der Waals surface area contributed by atoms with Crippen LogP contribution in [0.4, 0.5) is 4.39 Å². The van der Waals surface area contributed by atoms with Crippen molar-refractivity contribution in [3.8, 4) is 17.1 Å². The third-order valence-corrected chi connectivity index (χ3v) is 5.73. The minimum absolute atomic E-state index is 0.147. The summed E-state index contributed by atoms with van der Waals surface area (Å²) in [4.78, 5) is 12.7. The molecule has 0 spiro atoms. The molecule has 0 saturated heterocycles. The Morgan fingerprint density at radius 1 is 1.33 bits per heavy atom. The van der Waals surface area contributed by atoms with E-state index in [2.05, 4.69) is 22.5 Å². The molecular weight excluding hydrogens is 387 g/mol. The Kier molecular flexibility index (Phi) is 5.57. The second kappa shape index (κ2) is 8.30. The van der Waals surface area contributed by atoms with Gasteiger partial charge in [-0.15, -0.1) is 5.10 Å². The summed E-state index contributed by atoms with van der Waals surface area (Å²) in [5, 5.41) is 11.5. The summed E-state index contributed by atoms with van der Waals surface area (Å²) >= 11 is 0. The summed E-state index contributed by atoms with van der Waals surface area (Å²) < 4.78 is 25.9. The molecule has 1 unspecified atom stereocenters. The van der Waals surface area contributed by atoms with E-state index >= 15 is 0 Å². The number of halogens is 1. The molecule has 1 aliphatic carbocycles. The number of ether oxygens (including phenoxy) is 1. The van der Waals surface area contributed by atoms with E-state index in [1.807, 2.05) is 0 Å². The second-order valence-corrected chi connectivity index (χ2v) is 7.84. The highest BCUT2D eigenvalue weighted by molar-refractivity contribution is 5.93. The molecular formula is C22H25FN4O3. The zero-order valence-electron chi connectivity index (χ0n) is 17.3. The fourth-order valence-electron chi connectivity index (χ4n) is 3.87. The molecule has 0 bridgehead atoms. The summed E-state index contributed by atoms with van der Waals surface area (Å²) in [6.45, 7) is 4.12. The Bertz CT molecular complexity index is 1040. The molecule has 8 heteroatoms. The zero-order chi connectivity index (χ0) is 21.3. The van der Waals surface area contributed by atoms with Gasteiger partial charge in [0.1, 0.15) is 29.6 Å². The highest BCUT2D eigenvalue weighted by atomic mass is 19.1. The average molecular weight is 412 g/mol. The van der Waals surface area contributed by atoms with Gasteiger partial charge in [0.05, 0.1) is 5.56 Å². The molecule has 2 aromatic heterocycles. The summed E-state index contributed by atoms with van der Waals surface area (Å²) in [6, 6.07) is 7.87. The summed E-state index contributed by atoms with van der Waals surface area (Å²) in [5.74, 6) is 0.973. The first-order chi connectivity index (χ1) is 14.4. The summed E-state index contributed by atoms with van der Waals surface area (Å²) in [5.41, 5.74) is 2.53. The number of aryl methyl sites for hydroxylation is 2. The van der Waals surface area contributed by atoms with Gasteiger partial charge in [-0.25, -0.2) is 4.39 Å². The van der Waals surface area contributed by atoms with Gasteiger partial charge in [-0.1, -0.05) is 18.5 Å². The molecule has 158 valence electrons. The SMILES string of the molecule is Cc1onc(-c2ccc(F)cc2)c1COc1cc(C(=O)N[C@@H]2CCCC2C)n(C)n1. The first-order valence-electron chi connectivity index (χ1n) is 10.1. The molecule has 4 rings (SSSR count). The van der Waals surface area contributed by atoms with Gasteiger partial charge in [0, 0.05) is 24.7 Å². The van der Waals surface area contributed by atoms with Crippen LogP contribution in [0.15, 0.2) is 34.9 Å². The number of nitrogens with one attached hydrogen (secondary N) is 1. The standard InChI is InChI=1S/C22H25FN4O3/c1-13-5-4-6-18(13)24-22(28)19-11-20(25-27(19)3)29-12-17-14(2)30-26-21(17)15-7-9-16(23)10-8-15/h7-11,13,18H,4-6,12H2,1-3H3,(H,24,28)/t13?,18-/m1/s1. The van der Waals surface area contributed by atoms with Crippen molar-refractivity contribution in [2.24, 2.45) is 13.0 Å². The van der Waals surface area contributed by atoms with E-state index in [9.17, 15) is 9.18 Å². The molecule has 30 heavy (non-hydrogen) atoms. The van der Waals surface area contributed by atoms with Crippen molar-refractivity contribution in [2.45, 2.75) is 45.8 Å². The van der Waals surface area contributed by atoms with Crippen molar-refractivity contribution in [3.05, 3.63) is 53.2 Å². The molecule has 0 radical (unpaired) electrons. The second-order valence-electron chi connectivity index (χ2n) is 7.84. The van der Waals surface area contributed by atoms with Crippen molar-refractivity contribution in [1.29, 1.82) is 0 Å². The maximum atomic E-state index is 13.2. The van der Waals surface area contributed by atoms with Gasteiger partial charge >= 0.3 is 0 Å². The summed E-state index contributed by atoms with van der Waals surface area (Å²) in [6.07, 6.45) is 3.28. The Balaban J connectivity index is 1.46. The van der Waals surface area contributed by atoms with Crippen molar-refractivity contribution >= 4 is 5.91 Å². The molecule has 1 N–H and O–H groups in total. The van der Waals surface area contributed by atoms with E-state index in [-0.39, 0.29) is 24.4 Å². The first-order valence-corrected chi connectivity index (χ1v) is 10.1. The van der Waals surface area contributed by atoms with Crippen molar-refractivity contribution in [1.82, 2.24) is 20.3 Å². The molecule has 3 aromatic rings. The van der Waals surface area contributed by atoms with E-state index in [0.717, 1.165) is 30.4 Å². The molecule has 0 aliphatic heterocycles. The number of hydrogen-bond acceptors (Lipinski definition) is 5. The Morgan fingerprint density at radius 2 is 2.10 bits per heavy atom. The van der Waals surface area contributed by atoms with Gasteiger partial charge in [0.25, 0.3) is 5.91 Å². The van der Waals surface area contributed by atoms with E-state index in [0.29, 0.717) is 28.9 Å². The number of aromatic nitrogens is 3. The van der Waals surface area contributed by atoms with Crippen LogP contribution < -0.4 is 10.1 Å². The van der Waals surface area contributed by atoms with Gasteiger partial charge in [-0.2, -0.15) is 0 Å². The maximum absolute atomic E-state index is 13.2. The molecule has 2 atom stereocenters. The quantitative estimate of drug-likeness (QED) is 0.661. The monoisotopic (exact) mass is 412 g/mol.